The lowest BCUT2D eigenvalue weighted by Gasteiger charge is -2.39. The maximum atomic E-state index is 12.1. The highest BCUT2D eigenvalue weighted by Gasteiger charge is 2.47. The van der Waals surface area contributed by atoms with Crippen LogP contribution < -0.4 is 5.73 Å². The van der Waals surface area contributed by atoms with E-state index in [2.05, 4.69) is 0 Å². The van der Waals surface area contributed by atoms with Crippen molar-refractivity contribution in [2.75, 3.05) is 19.7 Å². The first-order valence-electron chi connectivity index (χ1n) is 6.37. The van der Waals surface area contributed by atoms with Gasteiger partial charge in [0.2, 0.25) is 11.8 Å². The Kier molecular flexibility index (Phi) is 3.75. The minimum Gasteiger partial charge on any atom is -0.481 e. The van der Waals surface area contributed by atoms with E-state index in [1.54, 1.807) is 0 Å². The van der Waals surface area contributed by atoms with E-state index in [0.29, 0.717) is 19.4 Å². The molecule has 0 radical (unpaired) electrons. The van der Waals surface area contributed by atoms with Crippen LogP contribution in [0.5, 0.6) is 0 Å². The second-order valence-corrected chi connectivity index (χ2v) is 5.22. The third-order valence-electron chi connectivity index (χ3n) is 3.99. The van der Waals surface area contributed by atoms with E-state index in [-0.39, 0.29) is 25.5 Å². The molecule has 0 aromatic heterocycles. The van der Waals surface area contributed by atoms with Gasteiger partial charge in [0.05, 0.1) is 18.6 Å². The maximum Gasteiger partial charge on any atom is 0.310 e. The third-order valence-corrected chi connectivity index (χ3v) is 3.99. The molecule has 2 fully saturated rings. The lowest BCUT2D eigenvalue weighted by Crippen LogP contribution is -2.52. The Hall–Kier alpha value is -1.63. The molecule has 2 rings (SSSR count). The number of carbonyl (C=O) groups excluding carboxylic acids is 2. The molecule has 1 unspecified atom stereocenters. The van der Waals surface area contributed by atoms with E-state index >= 15 is 0 Å². The number of morpholine rings is 1. The molecular weight excluding hydrogens is 252 g/mol. The third kappa shape index (κ3) is 2.70. The van der Waals surface area contributed by atoms with Crippen molar-refractivity contribution in [3.05, 3.63) is 0 Å². The summed E-state index contributed by atoms with van der Waals surface area (Å²) in [5.74, 6) is -1.75. The van der Waals surface area contributed by atoms with Gasteiger partial charge in [-0.15, -0.1) is 0 Å². The van der Waals surface area contributed by atoms with Gasteiger partial charge < -0.3 is 20.5 Å². The van der Waals surface area contributed by atoms with Gasteiger partial charge in [-0.1, -0.05) is 6.42 Å². The monoisotopic (exact) mass is 270 g/mol. The zero-order valence-electron chi connectivity index (χ0n) is 10.6. The summed E-state index contributed by atoms with van der Waals surface area (Å²) in [6.45, 7) is 0.738. The minimum atomic E-state index is -0.910. The average molecular weight is 270 g/mol. The van der Waals surface area contributed by atoms with Crippen molar-refractivity contribution >= 4 is 17.8 Å². The van der Waals surface area contributed by atoms with Gasteiger partial charge in [-0.2, -0.15) is 0 Å². The van der Waals surface area contributed by atoms with Crippen LogP contribution in [0.4, 0.5) is 0 Å². The van der Waals surface area contributed by atoms with Crippen LogP contribution in [0.15, 0.2) is 0 Å². The van der Waals surface area contributed by atoms with Crippen LogP contribution in [0.1, 0.15) is 25.7 Å². The standard InChI is InChI=1S/C12H18N2O5/c13-10(16)8-7-14(4-5-19-8)9(15)6-12(11(17)18)2-1-3-12/h8H,1-7H2,(H2,13,16)(H,17,18). The Morgan fingerprint density at radius 1 is 1.37 bits per heavy atom. The number of ether oxygens (including phenoxy) is 1. The lowest BCUT2D eigenvalue weighted by atomic mass is 9.66. The Bertz CT molecular complexity index is 405. The van der Waals surface area contributed by atoms with Crippen LogP contribution in [0, 0.1) is 5.41 Å². The molecule has 3 N–H and O–H groups in total. The predicted octanol–water partition coefficient (Wildman–Crippen LogP) is -0.656. The smallest absolute Gasteiger partial charge is 0.310 e. The Morgan fingerprint density at radius 3 is 2.53 bits per heavy atom. The molecule has 2 aliphatic rings. The molecule has 0 bridgehead atoms. The number of primary amides is 1. The van der Waals surface area contributed by atoms with E-state index in [1.165, 1.54) is 4.90 Å². The molecular formula is C12H18N2O5. The fraction of sp³-hybridized carbons (Fsp3) is 0.750. The topological polar surface area (TPSA) is 110 Å². The summed E-state index contributed by atoms with van der Waals surface area (Å²) in [7, 11) is 0. The van der Waals surface area contributed by atoms with Crippen LogP contribution in [-0.2, 0) is 19.1 Å². The van der Waals surface area contributed by atoms with Crippen LogP contribution in [0.3, 0.4) is 0 Å². The normalized spacial score (nSPS) is 25.5. The van der Waals surface area contributed by atoms with Crippen molar-refractivity contribution < 1.29 is 24.2 Å². The number of carboxylic acid groups (broad SMARTS) is 1. The molecule has 0 aromatic rings. The van der Waals surface area contributed by atoms with E-state index < -0.39 is 23.4 Å². The van der Waals surface area contributed by atoms with Crippen LogP contribution >= 0.6 is 0 Å². The van der Waals surface area contributed by atoms with E-state index in [1.807, 2.05) is 0 Å². The summed E-state index contributed by atoms with van der Waals surface area (Å²) in [6.07, 6.45) is 1.12. The Balaban J connectivity index is 1.96. The second kappa shape index (κ2) is 5.16. The van der Waals surface area contributed by atoms with Crippen LogP contribution in [0.25, 0.3) is 0 Å². The number of carboxylic acids is 1. The summed E-state index contributed by atoms with van der Waals surface area (Å²) in [5.41, 5.74) is 4.24. The highest BCUT2D eigenvalue weighted by molar-refractivity contribution is 5.86. The molecule has 19 heavy (non-hydrogen) atoms. The van der Waals surface area contributed by atoms with Gasteiger partial charge in [0.15, 0.2) is 6.10 Å². The molecule has 1 saturated carbocycles. The van der Waals surface area contributed by atoms with E-state index in [4.69, 9.17) is 10.5 Å². The minimum absolute atomic E-state index is 0.00614. The SMILES string of the molecule is NC(=O)C1CN(C(=O)CC2(C(=O)O)CCC2)CCO1. The predicted molar refractivity (Wildman–Crippen MR) is 64.1 cm³/mol. The van der Waals surface area contributed by atoms with E-state index in [9.17, 15) is 19.5 Å². The van der Waals surface area contributed by atoms with Crippen molar-refractivity contribution in [1.29, 1.82) is 0 Å². The van der Waals surface area contributed by atoms with Crippen LogP contribution in [0.2, 0.25) is 0 Å². The van der Waals surface area contributed by atoms with Gasteiger partial charge in [0, 0.05) is 13.0 Å². The second-order valence-electron chi connectivity index (χ2n) is 5.22. The molecule has 2 amide bonds. The fourth-order valence-corrected chi connectivity index (χ4v) is 2.52. The van der Waals surface area contributed by atoms with E-state index in [0.717, 1.165) is 6.42 Å². The fourth-order valence-electron chi connectivity index (χ4n) is 2.52. The molecule has 1 heterocycles. The number of amides is 2. The van der Waals surface area contributed by atoms with Crippen LogP contribution in [-0.4, -0.2) is 53.6 Å². The first-order valence-corrected chi connectivity index (χ1v) is 6.37. The number of carbonyl (C=O) groups is 3. The Labute approximate surface area is 110 Å². The number of nitrogens with two attached hydrogens (primary N) is 1. The zero-order chi connectivity index (χ0) is 14.0. The zero-order valence-corrected chi connectivity index (χ0v) is 10.6. The van der Waals surface area contributed by atoms with Gasteiger partial charge >= 0.3 is 5.97 Å². The molecule has 1 saturated heterocycles. The van der Waals surface area contributed by atoms with Gasteiger partial charge in [-0.05, 0) is 12.8 Å². The number of aliphatic carboxylic acids is 1. The molecule has 0 spiro atoms. The van der Waals surface area contributed by atoms with Gasteiger partial charge in [0.1, 0.15) is 0 Å². The molecule has 1 atom stereocenters. The average Bonchev–Trinajstić information content (AvgIpc) is 2.33. The molecule has 7 nitrogen and oxygen atoms in total. The molecule has 0 aromatic carbocycles. The summed E-state index contributed by atoms with van der Waals surface area (Å²) in [4.78, 5) is 35.9. The summed E-state index contributed by atoms with van der Waals surface area (Å²) < 4.78 is 5.15. The summed E-state index contributed by atoms with van der Waals surface area (Å²) in [5, 5.41) is 9.20. The number of nitrogens with zero attached hydrogens (tertiary/aromatic N) is 1. The molecule has 106 valence electrons. The van der Waals surface area contributed by atoms with Crippen molar-refractivity contribution in [2.24, 2.45) is 11.1 Å². The Morgan fingerprint density at radius 2 is 2.05 bits per heavy atom. The van der Waals surface area contributed by atoms with Crippen molar-refractivity contribution in [3.63, 3.8) is 0 Å². The highest BCUT2D eigenvalue weighted by atomic mass is 16.5. The summed E-state index contributed by atoms with van der Waals surface area (Å²) in [6, 6.07) is 0. The largest absolute Gasteiger partial charge is 0.481 e. The first-order chi connectivity index (χ1) is 8.94. The molecule has 1 aliphatic carbocycles. The highest BCUT2D eigenvalue weighted by Crippen LogP contribution is 2.44. The van der Waals surface area contributed by atoms with Gasteiger partial charge in [-0.25, -0.2) is 0 Å². The summed E-state index contributed by atoms with van der Waals surface area (Å²) >= 11 is 0. The van der Waals surface area contributed by atoms with Gasteiger partial charge in [-0.3, -0.25) is 14.4 Å². The first kappa shape index (κ1) is 13.8. The maximum absolute atomic E-state index is 12.1. The van der Waals surface area contributed by atoms with Crippen molar-refractivity contribution in [3.8, 4) is 0 Å². The molecule has 7 heteroatoms. The number of hydrogen-bond acceptors (Lipinski definition) is 4. The van der Waals surface area contributed by atoms with Gasteiger partial charge in [0.25, 0.3) is 0 Å². The number of hydrogen-bond donors (Lipinski definition) is 2. The number of rotatable bonds is 4. The van der Waals surface area contributed by atoms with Crippen molar-refractivity contribution in [1.82, 2.24) is 4.90 Å². The lowest BCUT2D eigenvalue weighted by molar-refractivity contribution is -0.162. The van der Waals surface area contributed by atoms with Crippen molar-refractivity contribution in [2.45, 2.75) is 31.8 Å². The quantitative estimate of drug-likeness (QED) is 0.705. The molecule has 1 aliphatic heterocycles.